The molecule has 8 heteroatoms. The number of sulfonamides is 1. The lowest BCUT2D eigenvalue weighted by Crippen LogP contribution is -2.24. The van der Waals surface area contributed by atoms with Crippen LogP contribution in [-0.2, 0) is 21.4 Å². The van der Waals surface area contributed by atoms with Crippen LogP contribution in [0.1, 0.15) is 16.9 Å². The van der Waals surface area contributed by atoms with E-state index in [0.29, 0.717) is 29.5 Å². The first-order valence-electron chi connectivity index (χ1n) is 8.13. The quantitative estimate of drug-likeness (QED) is 0.707. The normalized spacial score (nSPS) is 16.3. The van der Waals surface area contributed by atoms with Crippen molar-refractivity contribution < 1.29 is 13.2 Å². The number of nitrogens with zero attached hydrogens (tertiary/aromatic N) is 2. The van der Waals surface area contributed by atoms with Crippen LogP contribution in [0.25, 0.3) is 6.08 Å². The van der Waals surface area contributed by atoms with Crippen molar-refractivity contribution in [2.24, 2.45) is 0 Å². The number of hydrogen-bond donors (Lipinski definition) is 0. The second-order valence-electron chi connectivity index (χ2n) is 6.07. The van der Waals surface area contributed by atoms with E-state index in [4.69, 9.17) is 11.6 Å². The third-order valence-electron chi connectivity index (χ3n) is 4.10. The molecule has 0 aliphatic carbocycles. The molecular formula is C18H19ClN2O3S2. The number of benzene rings is 1. The average Bonchev–Trinajstić information content (AvgIpc) is 3.17. The highest BCUT2D eigenvalue weighted by molar-refractivity contribution is 7.93. The lowest BCUT2D eigenvalue weighted by atomic mass is 10.2. The average molecular weight is 411 g/mol. The van der Waals surface area contributed by atoms with Gasteiger partial charge in [-0.1, -0.05) is 23.7 Å². The van der Waals surface area contributed by atoms with E-state index in [9.17, 15) is 13.2 Å². The minimum absolute atomic E-state index is 0.110. The summed E-state index contributed by atoms with van der Waals surface area (Å²) in [4.78, 5) is 14.9. The molecule has 1 aliphatic heterocycles. The zero-order valence-corrected chi connectivity index (χ0v) is 16.6. The van der Waals surface area contributed by atoms with E-state index < -0.39 is 10.0 Å². The predicted molar refractivity (Wildman–Crippen MR) is 107 cm³/mol. The van der Waals surface area contributed by atoms with Crippen molar-refractivity contribution in [2.45, 2.75) is 13.0 Å². The molecule has 0 atom stereocenters. The Bertz CT molecular complexity index is 920. The van der Waals surface area contributed by atoms with E-state index >= 15 is 0 Å². The van der Waals surface area contributed by atoms with Gasteiger partial charge in [0.15, 0.2) is 0 Å². The maximum atomic E-state index is 12.2. The van der Waals surface area contributed by atoms with Gasteiger partial charge in [-0.25, -0.2) is 8.42 Å². The summed E-state index contributed by atoms with van der Waals surface area (Å²) in [7, 11) is -1.43. The molecule has 1 aliphatic rings. The summed E-state index contributed by atoms with van der Waals surface area (Å²) in [5.41, 5.74) is 1.50. The topological polar surface area (TPSA) is 57.7 Å². The maximum Gasteiger partial charge on any atom is 0.246 e. The van der Waals surface area contributed by atoms with Crippen LogP contribution in [0.3, 0.4) is 0 Å². The molecule has 1 aromatic heterocycles. The van der Waals surface area contributed by atoms with Crippen molar-refractivity contribution in [3.63, 3.8) is 0 Å². The number of thiophene rings is 1. The number of anilines is 1. The van der Waals surface area contributed by atoms with Crippen molar-refractivity contribution in [1.29, 1.82) is 0 Å². The Labute approximate surface area is 162 Å². The number of hydrogen-bond acceptors (Lipinski definition) is 4. The van der Waals surface area contributed by atoms with E-state index in [1.807, 2.05) is 24.3 Å². The first-order chi connectivity index (χ1) is 12.3. The van der Waals surface area contributed by atoms with Crippen LogP contribution in [0, 0.1) is 0 Å². The largest absolute Gasteiger partial charge is 0.337 e. The molecule has 5 nitrogen and oxygen atoms in total. The van der Waals surface area contributed by atoms with E-state index in [-0.39, 0.29) is 11.7 Å². The molecular weight excluding hydrogens is 392 g/mol. The third-order valence-corrected chi connectivity index (χ3v) is 7.18. The van der Waals surface area contributed by atoms with Crippen LogP contribution in [0.2, 0.25) is 4.34 Å². The first-order valence-corrected chi connectivity index (χ1v) is 10.9. The zero-order chi connectivity index (χ0) is 18.7. The Balaban J connectivity index is 1.62. The van der Waals surface area contributed by atoms with E-state index in [1.165, 1.54) is 21.7 Å². The summed E-state index contributed by atoms with van der Waals surface area (Å²) in [6.07, 6.45) is 3.89. The molecule has 0 N–H and O–H groups in total. The fourth-order valence-corrected chi connectivity index (χ4v) is 5.43. The minimum atomic E-state index is -3.17. The Morgan fingerprint density at radius 1 is 1.27 bits per heavy atom. The number of rotatable bonds is 5. The molecule has 1 aromatic carbocycles. The van der Waals surface area contributed by atoms with Crippen LogP contribution in [0.5, 0.6) is 0 Å². The summed E-state index contributed by atoms with van der Waals surface area (Å²) in [5.74, 6) is 0.0889. The van der Waals surface area contributed by atoms with Crippen LogP contribution >= 0.6 is 22.9 Å². The lowest BCUT2D eigenvalue weighted by Gasteiger charge is -2.16. The smallest absolute Gasteiger partial charge is 0.246 e. The van der Waals surface area contributed by atoms with Gasteiger partial charge in [-0.3, -0.25) is 9.10 Å². The number of likely N-dealkylation sites (N-methyl/N-ethyl adjacent to an activating group) is 1. The summed E-state index contributed by atoms with van der Waals surface area (Å²) < 4.78 is 26.0. The molecule has 0 saturated carbocycles. The van der Waals surface area contributed by atoms with Gasteiger partial charge in [0, 0.05) is 24.5 Å². The number of carbonyl (C=O) groups excluding carboxylic acids is 1. The van der Waals surface area contributed by atoms with Gasteiger partial charge in [-0.2, -0.15) is 0 Å². The monoisotopic (exact) mass is 410 g/mol. The molecule has 138 valence electrons. The summed E-state index contributed by atoms with van der Waals surface area (Å²) in [5, 5.41) is 0. The lowest BCUT2D eigenvalue weighted by molar-refractivity contribution is -0.125. The van der Waals surface area contributed by atoms with Crippen LogP contribution in [0.15, 0.2) is 42.5 Å². The van der Waals surface area contributed by atoms with Crippen molar-refractivity contribution >= 4 is 50.6 Å². The van der Waals surface area contributed by atoms with Crippen LogP contribution in [-0.4, -0.2) is 38.6 Å². The molecule has 3 rings (SSSR count). The van der Waals surface area contributed by atoms with Gasteiger partial charge < -0.3 is 4.90 Å². The van der Waals surface area contributed by atoms with Gasteiger partial charge in [-0.15, -0.1) is 11.3 Å². The third kappa shape index (κ3) is 4.47. The SMILES string of the molecule is CN(Cc1ccc(Cl)s1)C(=O)/C=C/c1ccc(N2CCCS2(=O)=O)cc1. The fourth-order valence-electron chi connectivity index (χ4n) is 2.72. The number of amides is 1. The second-order valence-corrected chi connectivity index (χ2v) is 9.88. The van der Waals surface area contributed by atoms with Crippen molar-refractivity contribution in [3.8, 4) is 0 Å². The summed E-state index contributed by atoms with van der Waals surface area (Å²) in [6, 6.07) is 10.9. The van der Waals surface area contributed by atoms with Crippen LogP contribution < -0.4 is 4.31 Å². The highest BCUT2D eigenvalue weighted by Gasteiger charge is 2.28. The Morgan fingerprint density at radius 2 is 2.00 bits per heavy atom. The van der Waals surface area contributed by atoms with Crippen molar-refractivity contribution in [1.82, 2.24) is 4.90 Å². The maximum absolute atomic E-state index is 12.2. The first kappa shape index (κ1) is 18.9. The van der Waals surface area contributed by atoms with E-state index in [2.05, 4.69) is 0 Å². The predicted octanol–water partition coefficient (Wildman–Crippen LogP) is 3.61. The molecule has 0 radical (unpaired) electrons. The molecule has 2 heterocycles. The molecule has 0 spiro atoms. The molecule has 1 saturated heterocycles. The number of halogens is 1. The van der Waals surface area contributed by atoms with Crippen molar-refractivity contribution in [2.75, 3.05) is 23.7 Å². The molecule has 1 amide bonds. The highest BCUT2D eigenvalue weighted by atomic mass is 35.5. The highest BCUT2D eigenvalue weighted by Crippen LogP contribution is 2.25. The van der Waals surface area contributed by atoms with Gasteiger partial charge in [0.05, 0.1) is 22.3 Å². The Morgan fingerprint density at radius 3 is 2.58 bits per heavy atom. The van der Waals surface area contributed by atoms with Crippen LogP contribution in [0.4, 0.5) is 5.69 Å². The van der Waals surface area contributed by atoms with Gasteiger partial charge in [0.1, 0.15) is 0 Å². The van der Waals surface area contributed by atoms with Gasteiger partial charge in [0.2, 0.25) is 15.9 Å². The second kappa shape index (κ2) is 7.82. The Hall–Kier alpha value is -1.83. The molecule has 0 unspecified atom stereocenters. The van der Waals surface area contributed by atoms with E-state index in [0.717, 1.165) is 10.4 Å². The summed E-state index contributed by atoms with van der Waals surface area (Å²) >= 11 is 7.36. The standard InChI is InChI=1S/C18H19ClN2O3S2/c1-20(13-16-8-9-17(19)25-16)18(22)10-5-14-3-6-15(7-4-14)21-11-2-12-26(21,23)24/h3-10H,2,11-13H2,1H3/b10-5+. The van der Waals surface area contributed by atoms with Crippen molar-refractivity contribution in [3.05, 3.63) is 57.3 Å². The fraction of sp³-hybridized carbons (Fsp3) is 0.278. The molecule has 1 fully saturated rings. The molecule has 2 aromatic rings. The number of carbonyl (C=O) groups is 1. The Kier molecular flexibility index (Phi) is 5.70. The summed E-state index contributed by atoms with van der Waals surface area (Å²) in [6.45, 7) is 1.03. The molecule has 26 heavy (non-hydrogen) atoms. The van der Waals surface area contributed by atoms with Gasteiger partial charge in [0.25, 0.3) is 0 Å². The molecule has 0 bridgehead atoms. The van der Waals surface area contributed by atoms with Gasteiger partial charge >= 0.3 is 0 Å². The minimum Gasteiger partial charge on any atom is -0.337 e. The van der Waals surface area contributed by atoms with Gasteiger partial charge in [-0.05, 0) is 42.3 Å². The van der Waals surface area contributed by atoms with E-state index in [1.54, 1.807) is 30.2 Å². The zero-order valence-electron chi connectivity index (χ0n) is 14.3.